The fourth-order valence-electron chi connectivity index (χ4n) is 4.42. The molecule has 31 heavy (non-hydrogen) atoms. The van der Waals surface area contributed by atoms with E-state index in [0.29, 0.717) is 6.42 Å². The Morgan fingerprint density at radius 3 is 2.77 bits per heavy atom. The van der Waals surface area contributed by atoms with E-state index in [1.807, 2.05) is 18.2 Å². The van der Waals surface area contributed by atoms with E-state index in [1.54, 1.807) is 7.11 Å². The first-order chi connectivity index (χ1) is 15.2. The minimum atomic E-state index is 0.245. The standard InChI is InChI=1S/C23H33N5O2S/c1-30-20-9-5-6-18(16-20)17-21-25-23(31-26-21)28-14-12-27(13-15-28)11-10-24-22(29)19-7-3-2-4-8-19/h5-6,9,16,19H,2-4,7-8,10-15,17H2,1H3,(H,24,29). The third kappa shape index (κ3) is 6.17. The van der Waals surface area contributed by atoms with Gasteiger partial charge in [0.1, 0.15) is 11.6 Å². The molecule has 7 nitrogen and oxygen atoms in total. The third-order valence-corrected chi connectivity index (χ3v) is 7.11. The number of rotatable bonds is 8. The highest BCUT2D eigenvalue weighted by molar-refractivity contribution is 7.09. The minimum absolute atomic E-state index is 0.245. The van der Waals surface area contributed by atoms with Crippen molar-refractivity contribution < 1.29 is 9.53 Å². The molecule has 168 valence electrons. The van der Waals surface area contributed by atoms with Crippen LogP contribution >= 0.6 is 11.5 Å². The number of hydrogen-bond acceptors (Lipinski definition) is 7. The molecule has 2 aliphatic rings. The minimum Gasteiger partial charge on any atom is -0.497 e. The molecular formula is C23H33N5O2S. The van der Waals surface area contributed by atoms with Gasteiger partial charge in [-0.1, -0.05) is 31.4 Å². The Bertz CT molecular complexity index is 844. The van der Waals surface area contributed by atoms with E-state index in [-0.39, 0.29) is 11.8 Å². The number of anilines is 1. The fourth-order valence-corrected chi connectivity index (χ4v) is 5.16. The summed E-state index contributed by atoms with van der Waals surface area (Å²) in [6.45, 7) is 5.55. The molecule has 1 aliphatic heterocycles. The molecule has 2 aromatic rings. The molecule has 0 bridgehead atoms. The summed E-state index contributed by atoms with van der Waals surface area (Å²) < 4.78 is 9.86. The molecule has 0 spiro atoms. The Morgan fingerprint density at radius 1 is 1.19 bits per heavy atom. The number of hydrogen-bond donors (Lipinski definition) is 1. The number of methoxy groups -OCH3 is 1. The molecular weight excluding hydrogens is 410 g/mol. The van der Waals surface area contributed by atoms with Crippen LogP contribution < -0.4 is 15.0 Å². The Balaban J connectivity index is 1.19. The molecule has 1 saturated heterocycles. The molecule has 1 N–H and O–H groups in total. The first-order valence-electron chi connectivity index (χ1n) is 11.4. The topological polar surface area (TPSA) is 70.6 Å². The van der Waals surface area contributed by atoms with Crippen LogP contribution in [0.4, 0.5) is 5.13 Å². The molecule has 8 heteroatoms. The van der Waals surface area contributed by atoms with E-state index in [4.69, 9.17) is 9.72 Å². The Hall–Kier alpha value is -2.19. The zero-order valence-corrected chi connectivity index (χ0v) is 19.2. The highest BCUT2D eigenvalue weighted by Crippen LogP contribution is 2.24. The van der Waals surface area contributed by atoms with Gasteiger partial charge in [-0.2, -0.15) is 4.37 Å². The third-order valence-electron chi connectivity index (χ3n) is 6.30. The van der Waals surface area contributed by atoms with Gasteiger partial charge in [0.25, 0.3) is 0 Å². The van der Waals surface area contributed by atoms with Crippen molar-refractivity contribution in [3.05, 3.63) is 35.7 Å². The molecule has 0 atom stereocenters. The second kappa shape index (κ2) is 10.9. The summed E-state index contributed by atoms with van der Waals surface area (Å²) in [6.07, 6.45) is 6.53. The number of ether oxygens (including phenoxy) is 1. The smallest absolute Gasteiger partial charge is 0.223 e. The molecule has 1 aromatic carbocycles. The average molecular weight is 444 g/mol. The number of amides is 1. The lowest BCUT2D eigenvalue weighted by Crippen LogP contribution is -2.48. The van der Waals surface area contributed by atoms with Gasteiger partial charge in [0.05, 0.1) is 7.11 Å². The zero-order chi connectivity index (χ0) is 21.5. The molecule has 0 radical (unpaired) electrons. The molecule has 1 amide bonds. The van der Waals surface area contributed by atoms with Gasteiger partial charge < -0.3 is 15.0 Å². The summed E-state index contributed by atoms with van der Waals surface area (Å²) in [4.78, 5) is 21.8. The lowest BCUT2D eigenvalue weighted by atomic mass is 9.89. The van der Waals surface area contributed by atoms with Gasteiger partial charge in [0, 0.05) is 63.1 Å². The predicted molar refractivity (Wildman–Crippen MR) is 124 cm³/mol. The first kappa shape index (κ1) is 22.0. The predicted octanol–water partition coefficient (Wildman–Crippen LogP) is 2.96. The van der Waals surface area contributed by atoms with Crippen LogP contribution in [-0.4, -0.2) is 66.5 Å². The largest absolute Gasteiger partial charge is 0.497 e. The monoisotopic (exact) mass is 443 g/mol. The summed E-state index contributed by atoms with van der Waals surface area (Å²) >= 11 is 1.48. The second-order valence-corrected chi connectivity index (χ2v) is 9.21. The van der Waals surface area contributed by atoms with Crippen LogP contribution in [0.2, 0.25) is 0 Å². The number of benzene rings is 1. The quantitative estimate of drug-likeness (QED) is 0.676. The second-order valence-electron chi connectivity index (χ2n) is 8.48. The van der Waals surface area contributed by atoms with Crippen LogP contribution in [0.3, 0.4) is 0 Å². The van der Waals surface area contributed by atoms with Crippen molar-refractivity contribution in [3.8, 4) is 5.75 Å². The maximum Gasteiger partial charge on any atom is 0.223 e. The first-order valence-corrected chi connectivity index (χ1v) is 12.2. The van der Waals surface area contributed by atoms with Crippen LogP contribution in [0.5, 0.6) is 5.75 Å². The highest BCUT2D eigenvalue weighted by Gasteiger charge is 2.22. The summed E-state index contributed by atoms with van der Waals surface area (Å²) in [7, 11) is 1.68. The van der Waals surface area contributed by atoms with Gasteiger partial charge in [0.15, 0.2) is 0 Å². The van der Waals surface area contributed by atoms with Crippen molar-refractivity contribution in [1.29, 1.82) is 0 Å². The number of nitrogens with zero attached hydrogens (tertiary/aromatic N) is 4. The summed E-state index contributed by atoms with van der Waals surface area (Å²) in [5.74, 6) is 2.23. The Kier molecular flexibility index (Phi) is 7.75. The van der Waals surface area contributed by atoms with E-state index < -0.39 is 0 Å². The van der Waals surface area contributed by atoms with Gasteiger partial charge in [0.2, 0.25) is 11.0 Å². The number of nitrogens with one attached hydrogen (secondary N) is 1. The van der Waals surface area contributed by atoms with E-state index in [0.717, 1.165) is 74.4 Å². The van der Waals surface area contributed by atoms with Gasteiger partial charge in [-0.3, -0.25) is 9.69 Å². The van der Waals surface area contributed by atoms with Crippen LogP contribution in [0.1, 0.15) is 43.5 Å². The van der Waals surface area contributed by atoms with E-state index >= 15 is 0 Å². The van der Waals surface area contributed by atoms with Crippen molar-refractivity contribution in [1.82, 2.24) is 19.6 Å². The van der Waals surface area contributed by atoms with Crippen LogP contribution in [0.15, 0.2) is 24.3 Å². The van der Waals surface area contributed by atoms with Gasteiger partial charge in [-0.05, 0) is 30.5 Å². The van der Waals surface area contributed by atoms with Crippen LogP contribution in [0.25, 0.3) is 0 Å². The number of piperazine rings is 1. The lowest BCUT2D eigenvalue weighted by molar-refractivity contribution is -0.125. The number of carbonyl (C=O) groups excluding carboxylic acids is 1. The normalized spacial score (nSPS) is 18.2. The van der Waals surface area contributed by atoms with Gasteiger partial charge in [-0.15, -0.1) is 0 Å². The molecule has 1 aromatic heterocycles. The van der Waals surface area contributed by atoms with Crippen molar-refractivity contribution in [2.75, 3.05) is 51.3 Å². The molecule has 2 fully saturated rings. The zero-order valence-electron chi connectivity index (χ0n) is 18.4. The maximum absolute atomic E-state index is 12.3. The number of carbonyl (C=O) groups is 1. The summed E-state index contributed by atoms with van der Waals surface area (Å²) in [5.41, 5.74) is 1.16. The van der Waals surface area contributed by atoms with Crippen LogP contribution in [0, 0.1) is 5.92 Å². The Labute approximate surface area is 189 Å². The molecule has 1 saturated carbocycles. The lowest BCUT2D eigenvalue weighted by Gasteiger charge is -2.34. The molecule has 0 unspecified atom stereocenters. The summed E-state index contributed by atoms with van der Waals surface area (Å²) in [6, 6.07) is 8.06. The van der Waals surface area contributed by atoms with Crippen molar-refractivity contribution in [2.24, 2.45) is 5.92 Å². The van der Waals surface area contributed by atoms with E-state index in [9.17, 15) is 4.79 Å². The Morgan fingerprint density at radius 2 is 2.00 bits per heavy atom. The fraction of sp³-hybridized carbons (Fsp3) is 0.609. The summed E-state index contributed by atoms with van der Waals surface area (Å²) in [5, 5.41) is 4.16. The molecule has 2 heterocycles. The molecule has 1 aliphatic carbocycles. The number of aromatic nitrogens is 2. The van der Waals surface area contributed by atoms with Crippen LogP contribution in [-0.2, 0) is 11.2 Å². The van der Waals surface area contributed by atoms with Crippen molar-refractivity contribution in [3.63, 3.8) is 0 Å². The van der Waals surface area contributed by atoms with Crippen molar-refractivity contribution >= 4 is 22.6 Å². The van der Waals surface area contributed by atoms with E-state index in [1.165, 1.54) is 30.8 Å². The average Bonchev–Trinajstić information content (AvgIpc) is 3.28. The van der Waals surface area contributed by atoms with Crippen molar-refractivity contribution in [2.45, 2.75) is 38.5 Å². The maximum atomic E-state index is 12.3. The highest BCUT2D eigenvalue weighted by atomic mass is 32.1. The van der Waals surface area contributed by atoms with E-state index in [2.05, 4.69) is 25.6 Å². The SMILES string of the molecule is COc1cccc(Cc2nsc(N3CCN(CCNC(=O)C4CCCCC4)CC3)n2)c1. The van der Waals surface area contributed by atoms with Gasteiger partial charge in [-0.25, -0.2) is 4.98 Å². The van der Waals surface area contributed by atoms with Gasteiger partial charge >= 0.3 is 0 Å². The molecule has 4 rings (SSSR count).